The van der Waals surface area contributed by atoms with E-state index in [2.05, 4.69) is 5.92 Å². The van der Waals surface area contributed by atoms with E-state index in [1.54, 1.807) is 0 Å². The monoisotopic (exact) mass is 269 g/mol. The Balaban J connectivity index is 2.96. The van der Waals surface area contributed by atoms with E-state index in [9.17, 15) is 13.2 Å². The van der Waals surface area contributed by atoms with Crippen molar-refractivity contribution in [3.05, 3.63) is 0 Å². The molecule has 96 valence electrons. The fourth-order valence-electron chi connectivity index (χ4n) is 1.74. The lowest BCUT2D eigenvalue weighted by Crippen LogP contribution is -2.55. The van der Waals surface area contributed by atoms with E-state index in [1.807, 2.05) is 0 Å². The van der Waals surface area contributed by atoms with E-state index in [-0.39, 0.29) is 18.9 Å². The Kier molecular flexibility index (Phi) is 4.28. The molecule has 7 heteroatoms. The molecule has 0 aromatic heterocycles. The zero-order valence-corrected chi connectivity index (χ0v) is 9.92. The van der Waals surface area contributed by atoms with Gasteiger partial charge in [-0.15, -0.1) is 18.0 Å². The summed E-state index contributed by atoms with van der Waals surface area (Å²) in [5, 5.41) is -0.875. The van der Waals surface area contributed by atoms with Gasteiger partial charge in [0, 0.05) is 0 Å². The van der Waals surface area contributed by atoms with Gasteiger partial charge < -0.3 is 4.74 Å². The van der Waals surface area contributed by atoms with E-state index in [0.717, 1.165) is 0 Å². The van der Waals surface area contributed by atoms with Gasteiger partial charge in [0.15, 0.2) is 12.0 Å². The lowest BCUT2D eigenvalue weighted by atomic mass is 9.95. The van der Waals surface area contributed by atoms with Gasteiger partial charge in [-0.1, -0.05) is 5.92 Å². The molecule has 1 aliphatic heterocycles. The van der Waals surface area contributed by atoms with Gasteiger partial charge in [-0.3, -0.25) is 5.73 Å². The lowest BCUT2D eigenvalue weighted by molar-refractivity contribution is -0.569. The van der Waals surface area contributed by atoms with Gasteiger partial charge in [0.25, 0.3) is 0 Å². The standard InChI is InChI=1S/C10H13ClF3N2O/c1-3-4-17-9-7(11)5-6(10(12,13)14)8(15)16(9)2/h1,6-8H,4-5,15H2,2H3/q+1. The van der Waals surface area contributed by atoms with Crippen LogP contribution in [0.1, 0.15) is 6.42 Å². The van der Waals surface area contributed by atoms with Crippen LogP contribution in [0, 0.1) is 18.3 Å². The first-order valence-corrected chi connectivity index (χ1v) is 5.35. The minimum atomic E-state index is -4.38. The highest BCUT2D eigenvalue weighted by molar-refractivity contribution is 6.30. The number of terminal acetylenes is 1. The van der Waals surface area contributed by atoms with Crippen LogP contribution in [0.2, 0.25) is 0 Å². The molecular formula is C10H13ClF3N2O+. The van der Waals surface area contributed by atoms with Gasteiger partial charge in [-0.2, -0.15) is 17.7 Å². The largest absolute Gasteiger partial charge is 0.434 e. The van der Waals surface area contributed by atoms with Gasteiger partial charge in [-0.25, -0.2) is 0 Å². The first kappa shape index (κ1) is 14.1. The Labute approximate surface area is 102 Å². The summed E-state index contributed by atoms with van der Waals surface area (Å²) in [4.78, 5) is 0. The summed E-state index contributed by atoms with van der Waals surface area (Å²) in [6.45, 7) is -0.0493. The quantitative estimate of drug-likeness (QED) is 0.441. The molecule has 17 heavy (non-hydrogen) atoms. The molecule has 2 N–H and O–H groups in total. The molecule has 0 amide bonds. The van der Waals surface area contributed by atoms with Gasteiger partial charge in [0.2, 0.25) is 6.17 Å². The summed E-state index contributed by atoms with van der Waals surface area (Å²) in [5.74, 6) is 0.740. The SMILES string of the molecule is C#CCOC1=[N+](C)C(N)C(C(F)(F)F)CC1Cl. The fraction of sp³-hybridized carbons (Fsp3) is 0.700. The molecule has 1 rings (SSSR count). The Bertz CT molecular complexity index is 362. The maximum atomic E-state index is 12.7. The fourth-order valence-corrected chi connectivity index (χ4v) is 2.14. The second-order valence-corrected chi connectivity index (χ2v) is 4.31. The van der Waals surface area contributed by atoms with Crippen molar-refractivity contribution in [3.8, 4) is 12.3 Å². The highest BCUT2D eigenvalue weighted by Crippen LogP contribution is 2.35. The van der Waals surface area contributed by atoms with Crippen LogP contribution >= 0.6 is 11.6 Å². The molecule has 3 nitrogen and oxygen atoms in total. The number of ether oxygens (including phenoxy) is 1. The van der Waals surface area contributed by atoms with Crippen LogP contribution in [-0.2, 0) is 4.74 Å². The second kappa shape index (κ2) is 5.15. The average molecular weight is 270 g/mol. The average Bonchev–Trinajstić information content (AvgIpc) is 2.22. The molecular weight excluding hydrogens is 257 g/mol. The Morgan fingerprint density at radius 1 is 1.65 bits per heavy atom. The van der Waals surface area contributed by atoms with Crippen LogP contribution in [0.15, 0.2) is 0 Å². The van der Waals surface area contributed by atoms with Crippen molar-refractivity contribution in [1.82, 2.24) is 0 Å². The third-order valence-corrected chi connectivity index (χ3v) is 3.02. The molecule has 0 saturated carbocycles. The minimum absolute atomic E-state index is 0.0493. The van der Waals surface area contributed by atoms with Crippen LogP contribution in [0.25, 0.3) is 0 Å². The van der Waals surface area contributed by atoms with E-state index in [4.69, 9.17) is 28.5 Å². The predicted molar refractivity (Wildman–Crippen MR) is 57.8 cm³/mol. The van der Waals surface area contributed by atoms with E-state index < -0.39 is 23.6 Å². The number of hydrogen-bond acceptors (Lipinski definition) is 2. The summed E-state index contributed by atoms with van der Waals surface area (Å²) in [6.07, 6.45) is -0.889. The molecule has 1 heterocycles. The van der Waals surface area contributed by atoms with Crippen molar-refractivity contribution in [2.45, 2.75) is 24.1 Å². The molecule has 0 bridgehead atoms. The third-order valence-electron chi connectivity index (χ3n) is 2.66. The Hall–Kier alpha value is -0.930. The summed E-state index contributed by atoms with van der Waals surface area (Å²) < 4.78 is 44.3. The summed E-state index contributed by atoms with van der Waals surface area (Å²) in [7, 11) is 1.41. The predicted octanol–water partition coefficient (Wildman–Crippen LogP) is 1.15. The topological polar surface area (TPSA) is 38.3 Å². The zero-order chi connectivity index (χ0) is 13.2. The van der Waals surface area contributed by atoms with Crippen molar-refractivity contribution in [1.29, 1.82) is 0 Å². The maximum absolute atomic E-state index is 12.7. The number of rotatable bonds is 1. The number of hydrogen-bond donors (Lipinski definition) is 1. The van der Waals surface area contributed by atoms with Gasteiger partial charge in [-0.05, 0) is 6.42 Å². The molecule has 1 aliphatic rings. The first-order chi connectivity index (χ1) is 7.79. The van der Waals surface area contributed by atoms with Gasteiger partial charge in [0.1, 0.15) is 13.0 Å². The minimum Gasteiger partial charge on any atom is -0.434 e. The molecule has 0 aliphatic carbocycles. The molecule has 0 aromatic rings. The zero-order valence-electron chi connectivity index (χ0n) is 9.17. The Morgan fingerprint density at radius 2 is 2.24 bits per heavy atom. The highest BCUT2D eigenvalue weighted by atomic mass is 35.5. The van der Waals surface area contributed by atoms with Crippen molar-refractivity contribution >= 4 is 17.5 Å². The van der Waals surface area contributed by atoms with Gasteiger partial charge in [0.05, 0.1) is 0 Å². The normalized spacial score (nSPS) is 30.1. The smallest absolute Gasteiger partial charge is 0.399 e. The summed E-state index contributed by atoms with van der Waals surface area (Å²) in [6, 6.07) is 0. The van der Waals surface area contributed by atoms with Crippen molar-refractivity contribution in [2.75, 3.05) is 13.7 Å². The number of nitrogens with two attached hydrogens (primary N) is 1. The Morgan fingerprint density at radius 3 is 2.71 bits per heavy atom. The van der Waals surface area contributed by atoms with Gasteiger partial charge >= 0.3 is 12.1 Å². The second-order valence-electron chi connectivity index (χ2n) is 3.78. The number of nitrogens with zero attached hydrogens (tertiary/aromatic N) is 1. The molecule has 0 radical (unpaired) electrons. The van der Waals surface area contributed by atoms with Crippen molar-refractivity contribution in [3.63, 3.8) is 0 Å². The first-order valence-electron chi connectivity index (χ1n) is 4.91. The molecule has 0 saturated heterocycles. The molecule has 0 spiro atoms. The molecule has 3 unspecified atom stereocenters. The molecule has 0 fully saturated rings. The van der Waals surface area contributed by atoms with Crippen LogP contribution < -0.4 is 5.73 Å². The molecule has 0 aromatic carbocycles. The van der Waals surface area contributed by atoms with E-state index in [1.165, 1.54) is 11.6 Å². The lowest BCUT2D eigenvalue weighted by Gasteiger charge is -2.29. The molecule has 3 atom stereocenters. The van der Waals surface area contributed by atoms with E-state index in [0.29, 0.717) is 0 Å². The summed E-state index contributed by atoms with van der Waals surface area (Å²) >= 11 is 5.85. The van der Waals surface area contributed by atoms with Crippen LogP contribution in [0.5, 0.6) is 0 Å². The van der Waals surface area contributed by atoms with Crippen molar-refractivity contribution < 1.29 is 22.5 Å². The third kappa shape index (κ3) is 3.05. The van der Waals surface area contributed by atoms with E-state index >= 15 is 0 Å². The number of alkyl halides is 4. The highest BCUT2D eigenvalue weighted by Gasteiger charge is 2.53. The van der Waals surface area contributed by atoms with Crippen molar-refractivity contribution in [2.24, 2.45) is 11.7 Å². The number of halogens is 4. The van der Waals surface area contributed by atoms with Crippen LogP contribution in [0.3, 0.4) is 0 Å². The maximum Gasteiger partial charge on any atom is 0.399 e. The summed E-state index contributed by atoms with van der Waals surface area (Å²) in [5.41, 5.74) is 5.53. The van der Waals surface area contributed by atoms with Crippen LogP contribution in [-0.4, -0.2) is 41.8 Å². The van der Waals surface area contributed by atoms with Crippen LogP contribution in [0.4, 0.5) is 13.2 Å².